The van der Waals surface area contributed by atoms with Crippen LogP contribution in [0.1, 0.15) is 13.3 Å². The highest BCUT2D eigenvalue weighted by Crippen LogP contribution is 2.18. The normalized spacial score (nSPS) is 15.8. The van der Waals surface area contributed by atoms with Gasteiger partial charge in [-0.25, -0.2) is 0 Å². The fraction of sp³-hybridized carbons (Fsp3) is 0.333. The van der Waals surface area contributed by atoms with E-state index in [1.165, 1.54) is 0 Å². The van der Waals surface area contributed by atoms with Gasteiger partial charge in [-0.1, -0.05) is 31.2 Å². The molecule has 0 aromatic heterocycles. The van der Waals surface area contributed by atoms with Gasteiger partial charge >= 0.3 is 0 Å². The van der Waals surface area contributed by atoms with E-state index in [4.69, 9.17) is 11.5 Å². The molecule has 1 rings (SSSR count). The second-order valence-corrected chi connectivity index (χ2v) is 2.92. The van der Waals surface area contributed by atoms with Gasteiger partial charge in [0.1, 0.15) is 11.4 Å². The summed E-state index contributed by atoms with van der Waals surface area (Å²) in [5.41, 5.74) is 10.9. The van der Waals surface area contributed by atoms with Crippen molar-refractivity contribution in [1.82, 2.24) is 0 Å². The third kappa shape index (κ3) is 1.57. The van der Waals surface area contributed by atoms with Crippen LogP contribution in [0.25, 0.3) is 0 Å². The number of aliphatic hydroxyl groups excluding tert-OH is 1. The molecule has 5 N–H and O–H groups in total. The Hall–Kier alpha value is -1.06. The van der Waals surface area contributed by atoms with Crippen molar-refractivity contribution < 1.29 is 5.11 Å². The van der Waals surface area contributed by atoms with Crippen LogP contribution in [0.15, 0.2) is 35.6 Å². The molecule has 1 aliphatic carbocycles. The summed E-state index contributed by atoms with van der Waals surface area (Å²) in [4.78, 5) is 0. The first-order valence-electron chi connectivity index (χ1n) is 3.94. The summed E-state index contributed by atoms with van der Waals surface area (Å²) < 4.78 is 0. The SMILES string of the molecule is CCC(N)(N)C(O)=C1C=CC=C1. The molecule has 3 heteroatoms. The summed E-state index contributed by atoms with van der Waals surface area (Å²) >= 11 is 0. The highest BCUT2D eigenvalue weighted by atomic mass is 16.3. The standard InChI is InChI=1S/C9H14N2O/c1-2-9(10,11)8(12)7-5-3-4-6-7/h3-6,12H,2,10-11H2,1H3. The van der Waals surface area contributed by atoms with Crippen molar-refractivity contribution in [3.05, 3.63) is 35.6 Å². The van der Waals surface area contributed by atoms with E-state index >= 15 is 0 Å². The molecule has 0 aromatic rings. The highest BCUT2D eigenvalue weighted by molar-refractivity contribution is 5.43. The van der Waals surface area contributed by atoms with Gasteiger partial charge in [-0.3, -0.25) is 0 Å². The molecule has 0 saturated heterocycles. The van der Waals surface area contributed by atoms with Crippen LogP contribution in [-0.2, 0) is 0 Å². The molecule has 66 valence electrons. The molecule has 3 nitrogen and oxygen atoms in total. The van der Waals surface area contributed by atoms with Gasteiger partial charge in [0.05, 0.1) is 0 Å². The molecule has 1 aliphatic rings. The molecule has 0 bridgehead atoms. The average molecular weight is 166 g/mol. The van der Waals surface area contributed by atoms with E-state index in [-0.39, 0.29) is 5.76 Å². The predicted octanol–water partition coefficient (Wildman–Crippen LogP) is 0.948. The third-order valence-corrected chi connectivity index (χ3v) is 1.96. The summed E-state index contributed by atoms with van der Waals surface area (Å²) in [6.07, 6.45) is 7.72. The van der Waals surface area contributed by atoms with Crippen molar-refractivity contribution in [3.63, 3.8) is 0 Å². The molecular formula is C9H14N2O. The Bertz CT molecular complexity index is 248. The van der Waals surface area contributed by atoms with Gasteiger partial charge in [0.15, 0.2) is 0 Å². The average Bonchev–Trinajstić information content (AvgIpc) is 2.55. The highest BCUT2D eigenvalue weighted by Gasteiger charge is 2.24. The van der Waals surface area contributed by atoms with Gasteiger partial charge in [-0.05, 0) is 6.42 Å². The number of allylic oxidation sites excluding steroid dienone is 5. The minimum atomic E-state index is -1.10. The van der Waals surface area contributed by atoms with E-state index in [1.54, 1.807) is 12.2 Å². The first-order chi connectivity index (χ1) is 5.58. The predicted molar refractivity (Wildman–Crippen MR) is 49.3 cm³/mol. The van der Waals surface area contributed by atoms with Crippen LogP contribution in [0.5, 0.6) is 0 Å². The lowest BCUT2D eigenvalue weighted by Gasteiger charge is -2.22. The fourth-order valence-corrected chi connectivity index (χ4v) is 0.968. The Balaban J connectivity index is 2.96. The van der Waals surface area contributed by atoms with Crippen molar-refractivity contribution in [1.29, 1.82) is 0 Å². The van der Waals surface area contributed by atoms with E-state index in [0.29, 0.717) is 12.0 Å². The Morgan fingerprint density at radius 2 is 1.92 bits per heavy atom. The lowest BCUT2D eigenvalue weighted by molar-refractivity contribution is 0.289. The molecule has 0 aromatic carbocycles. The zero-order valence-electron chi connectivity index (χ0n) is 7.12. The minimum Gasteiger partial charge on any atom is -0.508 e. The van der Waals surface area contributed by atoms with Crippen molar-refractivity contribution in [2.45, 2.75) is 19.0 Å². The fourth-order valence-electron chi connectivity index (χ4n) is 0.968. The Kier molecular flexibility index (Phi) is 2.35. The zero-order valence-corrected chi connectivity index (χ0v) is 7.12. The van der Waals surface area contributed by atoms with Crippen LogP contribution in [0, 0.1) is 0 Å². The van der Waals surface area contributed by atoms with Gasteiger partial charge in [-0.15, -0.1) is 0 Å². The Morgan fingerprint density at radius 3 is 2.33 bits per heavy atom. The molecule has 0 heterocycles. The molecule has 0 atom stereocenters. The zero-order chi connectivity index (χ0) is 9.19. The van der Waals surface area contributed by atoms with Crippen LogP contribution in [0.4, 0.5) is 0 Å². The van der Waals surface area contributed by atoms with Crippen LogP contribution >= 0.6 is 0 Å². The molecule has 0 amide bonds. The van der Waals surface area contributed by atoms with Gasteiger partial charge in [0, 0.05) is 5.57 Å². The number of rotatable bonds is 2. The van der Waals surface area contributed by atoms with Gasteiger partial charge < -0.3 is 16.6 Å². The van der Waals surface area contributed by atoms with Gasteiger partial charge in [-0.2, -0.15) is 0 Å². The summed E-state index contributed by atoms with van der Waals surface area (Å²) in [5.74, 6) is 0.0509. The quantitative estimate of drug-likeness (QED) is 0.422. The minimum absolute atomic E-state index is 0.0509. The number of aliphatic hydroxyl groups is 1. The van der Waals surface area contributed by atoms with E-state index in [9.17, 15) is 5.11 Å². The summed E-state index contributed by atoms with van der Waals surface area (Å²) in [6, 6.07) is 0. The maximum atomic E-state index is 9.60. The first-order valence-corrected chi connectivity index (χ1v) is 3.94. The number of nitrogens with two attached hydrogens (primary N) is 2. The maximum absolute atomic E-state index is 9.60. The van der Waals surface area contributed by atoms with E-state index in [0.717, 1.165) is 0 Å². The summed E-state index contributed by atoms with van der Waals surface area (Å²) in [5, 5.41) is 9.60. The second kappa shape index (κ2) is 3.13. The molecule has 0 spiro atoms. The van der Waals surface area contributed by atoms with Crippen molar-refractivity contribution >= 4 is 0 Å². The molecule has 0 saturated carbocycles. The molecule has 12 heavy (non-hydrogen) atoms. The summed E-state index contributed by atoms with van der Waals surface area (Å²) in [7, 11) is 0. The lowest BCUT2D eigenvalue weighted by Crippen LogP contribution is -2.50. The molecule has 0 radical (unpaired) electrons. The first kappa shape index (κ1) is 9.03. The second-order valence-electron chi connectivity index (χ2n) is 2.92. The van der Waals surface area contributed by atoms with Crippen molar-refractivity contribution in [2.75, 3.05) is 0 Å². The Labute approximate surface area is 72.1 Å². The largest absolute Gasteiger partial charge is 0.508 e. The van der Waals surface area contributed by atoms with Crippen molar-refractivity contribution in [2.24, 2.45) is 11.5 Å². The van der Waals surface area contributed by atoms with Gasteiger partial charge in [0.25, 0.3) is 0 Å². The lowest BCUT2D eigenvalue weighted by atomic mass is 10.0. The summed E-state index contributed by atoms with van der Waals surface area (Å²) in [6.45, 7) is 1.83. The van der Waals surface area contributed by atoms with Gasteiger partial charge in [0.2, 0.25) is 0 Å². The van der Waals surface area contributed by atoms with Crippen LogP contribution in [-0.4, -0.2) is 10.8 Å². The van der Waals surface area contributed by atoms with E-state index in [2.05, 4.69) is 0 Å². The molecule has 0 unspecified atom stereocenters. The smallest absolute Gasteiger partial charge is 0.134 e. The van der Waals surface area contributed by atoms with Crippen LogP contribution in [0.3, 0.4) is 0 Å². The van der Waals surface area contributed by atoms with E-state index in [1.807, 2.05) is 19.1 Å². The number of hydrogen-bond donors (Lipinski definition) is 3. The molecule has 0 fully saturated rings. The molecular weight excluding hydrogens is 152 g/mol. The van der Waals surface area contributed by atoms with Crippen molar-refractivity contribution in [3.8, 4) is 0 Å². The topological polar surface area (TPSA) is 72.3 Å². The third-order valence-electron chi connectivity index (χ3n) is 1.96. The molecule has 0 aliphatic heterocycles. The monoisotopic (exact) mass is 166 g/mol. The van der Waals surface area contributed by atoms with E-state index < -0.39 is 5.66 Å². The Morgan fingerprint density at radius 1 is 1.42 bits per heavy atom. The number of hydrogen-bond acceptors (Lipinski definition) is 3. The van der Waals surface area contributed by atoms with Crippen LogP contribution < -0.4 is 11.5 Å². The van der Waals surface area contributed by atoms with Crippen LogP contribution in [0.2, 0.25) is 0 Å². The maximum Gasteiger partial charge on any atom is 0.134 e.